The molecule has 2 unspecified atom stereocenters. The Morgan fingerprint density at radius 1 is 1.10 bits per heavy atom. The number of likely N-dealkylation sites (tertiary alicyclic amines) is 1. The fourth-order valence-electron chi connectivity index (χ4n) is 7.03. The summed E-state index contributed by atoms with van der Waals surface area (Å²) < 4.78 is 0.291. The molecule has 162 valence electrons. The van der Waals surface area contributed by atoms with Crippen LogP contribution < -0.4 is 10.6 Å². The number of hydrogen-bond donors (Lipinski definition) is 2. The zero-order chi connectivity index (χ0) is 20.8. The second-order valence-corrected chi connectivity index (χ2v) is 12.1. The average molecular weight is 474 g/mol. The highest BCUT2D eigenvalue weighted by molar-refractivity contribution is 9.10. The molecule has 5 fully saturated rings. The monoisotopic (exact) mass is 473 g/mol. The molecule has 4 bridgehead atoms. The molecule has 4 saturated carbocycles. The van der Waals surface area contributed by atoms with E-state index in [0.717, 1.165) is 55.4 Å². The van der Waals surface area contributed by atoms with E-state index in [9.17, 15) is 9.59 Å². The number of carbonyl (C=O) groups excluding carboxylic acids is 2. The lowest BCUT2D eigenvalue weighted by Crippen LogP contribution is -2.54. The number of alkyl halides is 1. The molecule has 1 heterocycles. The Balaban J connectivity index is 1.16. The van der Waals surface area contributed by atoms with E-state index in [-0.39, 0.29) is 17.4 Å². The normalized spacial score (nSPS) is 34.2. The molecule has 0 aromatic heterocycles. The van der Waals surface area contributed by atoms with Crippen molar-refractivity contribution in [2.75, 3.05) is 18.4 Å². The molecular formula is C24H32BrN3O2. The van der Waals surface area contributed by atoms with Gasteiger partial charge in [0.25, 0.3) is 0 Å². The summed E-state index contributed by atoms with van der Waals surface area (Å²) in [6.07, 6.45) is 10.4. The first-order valence-corrected chi connectivity index (χ1v) is 12.3. The molecule has 0 radical (unpaired) electrons. The van der Waals surface area contributed by atoms with Gasteiger partial charge in [-0.3, -0.25) is 4.79 Å². The summed E-state index contributed by atoms with van der Waals surface area (Å²) in [5, 5.41) is 6.13. The Morgan fingerprint density at radius 2 is 1.83 bits per heavy atom. The molecule has 5 nitrogen and oxygen atoms in total. The number of halogens is 1. The fourth-order valence-corrected chi connectivity index (χ4v) is 8.54. The van der Waals surface area contributed by atoms with Gasteiger partial charge in [-0.15, -0.1) is 0 Å². The summed E-state index contributed by atoms with van der Waals surface area (Å²) in [6, 6.07) is 7.79. The van der Waals surface area contributed by atoms with Gasteiger partial charge in [0.05, 0.1) is 0 Å². The number of rotatable bonds is 5. The fraction of sp³-hybridized carbons (Fsp3) is 0.667. The summed E-state index contributed by atoms with van der Waals surface area (Å²) in [6.45, 7) is 2.18. The molecule has 3 amide bonds. The van der Waals surface area contributed by atoms with Crippen LogP contribution in [0.2, 0.25) is 0 Å². The van der Waals surface area contributed by atoms with Crippen LogP contribution in [0.4, 0.5) is 10.5 Å². The van der Waals surface area contributed by atoms with Crippen LogP contribution in [0.15, 0.2) is 24.3 Å². The zero-order valence-corrected chi connectivity index (χ0v) is 19.2. The molecular weight excluding hydrogens is 442 g/mol. The molecule has 6 heteroatoms. The lowest BCUT2D eigenvalue weighted by molar-refractivity contribution is -0.128. The number of amides is 3. The van der Waals surface area contributed by atoms with E-state index >= 15 is 0 Å². The van der Waals surface area contributed by atoms with E-state index in [1.807, 2.05) is 29.2 Å². The number of hydrogen-bond acceptors (Lipinski definition) is 2. The average Bonchev–Trinajstić information content (AvgIpc) is 3.19. The lowest BCUT2D eigenvalue weighted by atomic mass is 9.48. The van der Waals surface area contributed by atoms with Crippen molar-refractivity contribution in [1.82, 2.24) is 10.2 Å². The third kappa shape index (κ3) is 4.25. The maximum absolute atomic E-state index is 12.8. The van der Waals surface area contributed by atoms with Gasteiger partial charge in [-0.25, -0.2) is 4.79 Å². The maximum Gasteiger partial charge on any atom is 0.321 e. The van der Waals surface area contributed by atoms with Crippen molar-refractivity contribution in [2.45, 2.75) is 68.7 Å². The van der Waals surface area contributed by atoms with Crippen LogP contribution in [0.1, 0.15) is 63.4 Å². The van der Waals surface area contributed by atoms with Crippen LogP contribution in [0.5, 0.6) is 0 Å². The van der Waals surface area contributed by atoms with Gasteiger partial charge in [-0.1, -0.05) is 28.1 Å². The number of carbonyl (C=O) groups is 2. The molecule has 1 aliphatic heterocycles. The minimum absolute atomic E-state index is 0.0285. The van der Waals surface area contributed by atoms with Gasteiger partial charge >= 0.3 is 6.03 Å². The van der Waals surface area contributed by atoms with Gasteiger partial charge < -0.3 is 15.5 Å². The Morgan fingerprint density at radius 3 is 2.53 bits per heavy atom. The molecule has 4 aliphatic carbocycles. The van der Waals surface area contributed by atoms with Crippen molar-refractivity contribution < 1.29 is 9.59 Å². The van der Waals surface area contributed by atoms with Gasteiger partial charge in [0.15, 0.2) is 0 Å². The molecule has 6 rings (SSSR count). The Bertz CT molecular complexity index is 821. The molecule has 5 aliphatic rings. The van der Waals surface area contributed by atoms with Crippen molar-refractivity contribution in [3.05, 3.63) is 29.8 Å². The van der Waals surface area contributed by atoms with Crippen LogP contribution in [-0.2, 0) is 11.3 Å². The predicted molar refractivity (Wildman–Crippen MR) is 122 cm³/mol. The smallest absolute Gasteiger partial charge is 0.321 e. The molecule has 1 aromatic rings. The highest BCUT2D eigenvalue weighted by Gasteiger charge is 2.57. The largest absolute Gasteiger partial charge is 0.352 e. The maximum atomic E-state index is 12.8. The highest BCUT2D eigenvalue weighted by atomic mass is 79.9. The molecule has 2 N–H and O–H groups in total. The summed E-state index contributed by atoms with van der Waals surface area (Å²) in [5.41, 5.74) is 2.01. The molecule has 1 saturated heterocycles. The van der Waals surface area contributed by atoms with Crippen molar-refractivity contribution in [1.29, 1.82) is 0 Å². The second kappa shape index (κ2) is 7.85. The predicted octanol–water partition coefficient (Wildman–Crippen LogP) is 5.05. The Hall–Kier alpha value is -1.56. The van der Waals surface area contributed by atoms with Gasteiger partial charge in [-0.05, 0) is 86.3 Å². The number of nitrogens with one attached hydrogen (secondary N) is 2. The molecule has 0 spiro atoms. The van der Waals surface area contributed by atoms with E-state index in [4.69, 9.17) is 0 Å². The highest BCUT2D eigenvalue weighted by Crippen LogP contribution is 2.65. The van der Waals surface area contributed by atoms with Crippen molar-refractivity contribution >= 4 is 33.6 Å². The standard InChI is InChI=1S/C24H32BrN3O2/c25-24-12-18-8-19(13-24)11-23(10-18,16-24)14-21(29)26-15-17-4-3-5-20(9-17)27-22(30)28-6-1-2-7-28/h3-5,9,18-19H,1-2,6-8,10-16H2,(H,26,29)(H,27,30). The first kappa shape index (κ1) is 20.3. The van der Waals surface area contributed by atoms with Crippen LogP contribution in [-0.4, -0.2) is 34.3 Å². The molecule has 1 aromatic carbocycles. The third-order valence-corrected chi connectivity index (χ3v) is 8.64. The van der Waals surface area contributed by atoms with Gasteiger partial charge in [0.2, 0.25) is 5.91 Å². The van der Waals surface area contributed by atoms with E-state index in [1.54, 1.807) is 0 Å². The number of nitrogens with zero attached hydrogens (tertiary/aromatic N) is 1. The van der Waals surface area contributed by atoms with E-state index < -0.39 is 0 Å². The van der Waals surface area contributed by atoms with E-state index in [2.05, 4.69) is 26.6 Å². The zero-order valence-electron chi connectivity index (χ0n) is 17.6. The van der Waals surface area contributed by atoms with Gasteiger partial charge in [0, 0.05) is 36.1 Å². The molecule has 30 heavy (non-hydrogen) atoms. The lowest BCUT2D eigenvalue weighted by Gasteiger charge is -2.60. The van der Waals surface area contributed by atoms with Crippen LogP contribution in [0.25, 0.3) is 0 Å². The summed E-state index contributed by atoms with van der Waals surface area (Å²) in [5.74, 6) is 1.77. The first-order valence-electron chi connectivity index (χ1n) is 11.5. The molecule has 2 atom stereocenters. The topological polar surface area (TPSA) is 61.4 Å². The number of urea groups is 1. The Kier molecular flexibility index (Phi) is 5.32. The van der Waals surface area contributed by atoms with Crippen LogP contribution in [0.3, 0.4) is 0 Å². The van der Waals surface area contributed by atoms with E-state index in [1.165, 1.54) is 32.1 Å². The van der Waals surface area contributed by atoms with E-state index in [0.29, 0.717) is 17.3 Å². The van der Waals surface area contributed by atoms with Crippen LogP contribution in [0, 0.1) is 17.3 Å². The quantitative estimate of drug-likeness (QED) is 0.587. The summed E-state index contributed by atoms with van der Waals surface area (Å²) in [4.78, 5) is 27.0. The number of benzene rings is 1. The van der Waals surface area contributed by atoms with Crippen molar-refractivity contribution in [3.8, 4) is 0 Å². The second-order valence-electron chi connectivity index (χ2n) is 10.4. The number of anilines is 1. The van der Waals surface area contributed by atoms with Gasteiger partial charge in [0.1, 0.15) is 0 Å². The minimum atomic E-state index is -0.0285. The minimum Gasteiger partial charge on any atom is -0.352 e. The Labute approximate surface area is 187 Å². The van der Waals surface area contributed by atoms with Gasteiger partial charge in [-0.2, -0.15) is 0 Å². The summed E-state index contributed by atoms with van der Waals surface area (Å²) >= 11 is 4.04. The first-order chi connectivity index (χ1) is 14.4. The SMILES string of the molecule is O=C(CC12CC3CC(CC(Br)(C3)C1)C2)NCc1cccc(NC(=O)N2CCCC2)c1. The van der Waals surface area contributed by atoms with Crippen LogP contribution >= 0.6 is 15.9 Å². The third-order valence-electron chi connectivity index (χ3n) is 7.71. The van der Waals surface area contributed by atoms with Crippen molar-refractivity contribution in [2.24, 2.45) is 17.3 Å². The van der Waals surface area contributed by atoms with Crippen molar-refractivity contribution in [3.63, 3.8) is 0 Å². The summed E-state index contributed by atoms with van der Waals surface area (Å²) in [7, 11) is 0.